The molecule has 30 heteroatoms. The topological polar surface area (TPSA) is 368 Å². The van der Waals surface area contributed by atoms with Gasteiger partial charge >= 0.3 is 83.3 Å². The molecule has 0 bridgehead atoms. The summed E-state index contributed by atoms with van der Waals surface area (Å²) in [6, 6.07) is 0. The monoisotopic (exact) mass is 629 g/mol. The van der Waals surface area contributed by atoms with E-state index < -0.39 is 62.4 Å². The number of aliphatic hydroxyl groups excluding tert-OH is 3. The van der Waals surface area contributed by atoms with Crippen LogP contribution in [0, 0.1) is 0 Å². The summed E-state index contributed by atoms with van der Waals surface area (Å²) in [6.45, 7) is -0.390. The molecule has 2 unspecified atom stereocenters. The van der Waals surface area contributed by atoms with Crippen LogP contribution in [0.25, 0.3) is 11.2 Å². The molecule has 0 amide bonds. The zero-order valence-electron chi connectivity index (χ0n) is 21.0. The predicted molar refractivity (Wildman–Crippen MR) is 101 cm³/mol. The third-order valence-electron chi connectivity index (χ3n) is 3.78. The quantitative estimate of drug-likeness (QED) is 0.117. The van der Waals surface area contributed by atoms with Crippen molar-refractivity contribution in [3.05, 3.63) is 12.7 Å². The Morgan fingerprint density at radius 3 is 1.88 bits per heavy atom. The molecule has 40 heavy (non-hydrogen) atoms. The maximum atomic E-state index is 10.5. The minimum atomic E-state index is -6.20. The van der Waals surface area contributed by atoms with Crippen LogP contribution < -0.4 is 101 Å². The molecule has 3 heterocycles. The van der Waals surface area contributed by atoms with Crippen LogP contribution in [0.1, 0.15) is 6.23 Å². The van der Waals surface area contributed by atoms with Gasteiger partial charge in [-0.25, -0.2) is 28.1 Å². The Balaban J connectivity index is -0.000000627. The van der Waals surface area contributed by atoms with Crippen molar-refractivity contribution in [2.75, 3.05) is 12.3 Å². The van der Waals surface area contributed by atoms with Gasteiger partial charge in [-0.1, -0.05) is 0 Å². The van der Waals surface area contributed by atoms with E-state index in [1.807, 2.05) is 0 Å². The van der Waals surface area contributed by atoms with E-state index >= 15 is 0 Å². The number of hydrogen-bond acceptors (Lipinski definition) is 19. The first-order chi connectivity index (χ1) is 16.3. The molecule has 7 N–H and O–H groups in total. The number of rotatable bonds is 8. The fourth-order valence-electron chi connectivity index (χ4n) is 2.57. The minimum Gasteiger partial charge on any atom is -0.790 e. The third kappa shape index (κ3) is 13.8. The molecule has 1 aliphatic rings. The van der Waals surface area contributed by atoms with E-state index in [-0.39, 0.29) is 81.3 Å². The van der Waals surface area contributed by atoms with Crippen LogP contribution in [-0.4, -0.2) is 69.5 Å². The molecule has 0 spiro atoms. The fourth-order valence-corrected chi connectivity index (χ4v) is 6.35. The summed E-state index contributed by atoms with van der Waals surface area (Å²) in [5.41, 5.74) is 6.44. The van der Waals surface area contributed by atoms with E-state index in [1.54, 1.807) is 0 Å². The Hall–Kier alpha value is 1.14. The van der Waals surface area contributed by atoms with Crippen molar-refractivity contribution in [2.45, 2.75) is 24.5 Å². The van der Waals surface area contributed by atoms with Gasteiger partial charge in [-0.3, -0.25) is 18.0 Å². The number of ether oxygens (including phenoxy) is 1. The molecule has 3 rings (SSSR count). The molecule has 2 aromatic rings. The van der Waals surface area contributed by atoms with Crippen molar-refractivity contribution < 1.29 is 156 Å². The van der Waals surface area contributed by atoms with Gasteiger partial charge in [0.1, 0.15) is 30.2 Å². The standard InChI is InChI=1S/C10H13N5O4.4Li.H6O13P4/c11-8-5-9(13-2-12-8)15(3-14-5)10-7(18)6(17)4(1-16)19-10;;;;;1-14(2,3)11-16(7,8)13-17(9,10)12-15(4,5)6/h2-4,6-7,10,16-18H,1H2,(H2,11,12,13);;;;;(H,7,8)(H,9,10)(H2,1,2,3)(H2,4,5,6)/q;4*+1;/p-4/t4-,6-,7-,10-;;;;;/m1...../s1. The average molecular weight is 629 g/mol. The summed E-state index contributed by atoms with van der Waals surface area (Å²) in [4.78, 5) is 68.5. The van der Waals surface area contributed by atoms with Crippen LogP contribution in [0.15, 0.2) is 12.7 Å². The van der Waals surface area contributed by atoms with Crippen molar-refractivity contribution >= 4 is 48.3 Å². The molecular formula is C10H15Li4N5O17P4. The second-order valence-corrected chi connectivity index (χ2v) is 12.0. The summed E-state index contributed by atoms with van der Waals surface area (Å²) in [5, 5.41) is 28.7. The Bertz CT molecular complexity index is 1240. The predicted octanol–water partition coefficient (Wildman–Crippen LogP) is -17.1. The molecule has 206 valence electrons. The summed E-state index contributed by atoms with van der Waals surface area (Å²) < 4.78 is 56.1. The second kappa shape index (κ2) is 17.6. The Kier molecular flexibility index (Phi) is 20.0. The Labute approximate surface area is 271 Å². The number of aromatic nitrogens is 4. The number of nitrogens with two attached hydrogens (primary N) is 1. The Morgan fingerprint density at radius 2 is 1.43 bits per heavy atom. The maximum Gasteiger partial charge on any atom is 1.00 e. The average Bonchev–Trinajstić information content (AvgIpc) is 3.20. The largest absolute Gasteiger partial charge is 1.00 e. The SMILES string of the molecule is Nc1ncnc2c1ncn2[C@@H]1O[C@H](CO)[C@@H](O)[C@H]1O.O=P([O-])([O-])OP(=O)([O-])OP(=O)([O-])OP(=O)(O)O.[Li+].[Li+].[Li+].[Li+]. The van der Waals surface area contributed by atoms with Gasteiger partial charge in [0, 0.05) is 0 Å². The van der Waals surface area contributed by atoms with Crippen molar-refractivity contribution in [3.8, 4) is 0 Å². The van der Waals surface area contributed by atoms with Gasteiger partial charge in [0.05, 0.1) is 20.8 Å². The van der Waals surface area contributed by atoms with Gasteiger partial charge in [-0.15, -0.1) is 0 Å². The first kappa shape index (κ1) is 45.6. The second-order valence-electron chi connectivity index (χ2n) is 6.39. The van der Waals surface area contributed by atoms with E-state index in [1.165, 1.54) is 17.2 Å². The molecule has 2 aromatic heterocycles. The summed E-state index contributed by atoms with van der Waals surface area (Å²) in [7, 11) is -24.1. The minimum absolute atomic E-state index is 0. The zero-order chi connectivity index (χ0) is 27.7. The molecule has 1 fully saturated rings. The Morgan fingerprint density at radius 1 is 0.900 bits per heavy atom. The van der Waals surface area contributed by atoms with E-state index in [9.17, 15) is 48.0 Å². The van der Waals surface area contributed by atoms with E-state index in [0.29, 0.717) is 11.2 Å². The van der Waals surface area contributed by atoms with Gasteiger partial charge in [-0.2, -0.15) is 0 Å². The number of aliphatic hydroxyl groups is 3. The maximum absolute atomic E-state index is 10.5. The zero-order valence-corrected chi connectivity index (χ0v) is 24.5. The number of imidazole rings is 1. The van der Waals surface area contributed by atoms with Gasteiger partial charge < -0.3 is 59.7 Å². The first-order valence-electron chi connectivity index (χ1n) is 8.64. The number of anilines is 1. The normalized spacial score (nSPS) is 23.5. The molecule has 0 radical (unpaired) electrons. The first-order valence-corrected chi connectivity index (χ1v) is 14.6. The number of phosphoric acid groups is 4. The van der Waals surface area contributed by atoms with E-state index in [2.05, 4.69) is 27.9 Å². The van der Waals surface area contributed by atoms with Crippen molar-refractivity contribution in [2.24, 2.45) is 0 Å². The third-order valence-corrected chi connectivity index (χ3v) is 8.64. The van der Waals surface area contributed by atoms with Crippen molar-refractivity contribution in [3.63, 3.8) is 0 Å². The number of nitrogen functional groups attached to an aromatic ring is 1. The molecule has 22 nitrogen and oxygen atoms in total. The molecule has 6 atom stereocenters. The number of hydrogen-bond donors (Lipinski definition) is 6. The van der Waals surface area contributed by atoms with Crippen LogP contribution in [-0.2, 0) is 35.9 Å². The van der Waals surface area contributed by atoms with Crippen LogP contribution in [0.5, 0.6) is 0 Å². The van der Waals surface area contributed by atoms with E-state index in [0.717, 1.165) is 0 Å². The summed E-state index contributed by atoms with van der Waals surface area (Å²) in [5.74, 6) is 0.218. The number of nitrogens with zero attached hydrogens (tertiary/aromatic N) is 4. The van der Waals surface area contributed by atoms with Crippen LogP contribution >= 0.6 is 31.3 Å². The molecular weight excluding hydrogens is 614 g/mol. The molecule has 1 saturated heterocycles. The van der Waals surface area contributed by atoms with Crippen LogP contribution in [0.3, 0.4) is 0 Å². The molecule has 0 saturated carbocycles. The van der Waals surface area contributed by atoms with E-state index in [4.69, 9.17) is 25.4 Å². The molecule has 0 aromatic carbocycles. The fraction of sp³-hybridized carbons (Fsp3) is 0.500. The molecule has 1 aliphatic heterocycles. The van der Waals surface area contributed by atoms with Gasteiger partial charge in [0.15, 0.2) is 17.7 Å². The van der Waals surface area contributed by atoms with Crippen molar-refractivity contribution in [1.29, 1.82) is 0 Å². The van der Waals surface area contributed by atoms with Gasteiger partial charge in [-0.05, 0) is 0 Å². The summed E-state index contributed by atoms with van der Waals surface area (Å²) >= 11 is 0. The number of fused-ring (bicyclic) bond motifs is 1. The molecule has 0 aliphatic carbocycles. The smallest absolute Gasteiger partial charge is 0.790 e. The van der Waals surface area contributed by atoms with Crippen molar-refractivity contribution in [1.82, 2.24) is 19.5 Å². The van der Waals surface area contributed by atoms with Gasteiger partial charge in [0.2, 0.25) is 0 Å². The van der Waals surface area contributed by atoms with Gasteiger partial charge in [0.25, 0.3) is 15.6 Å². The van der Waals surface area contributed by atoms with Crippen LogP contribution in [0.2, 0.25) is 0 Å². The summed E-state index contributed by atoms with van der Waals surface area (Å²) in [6.07, 6.45) is -1.42. The van der Waals surface area contributed by atoms with Crippen LogP contribution in [0.4, 0.5) is 5.82 Å².